The summed E-state index contributed by atoms with van der Waals surface area (Å²) in [6, 6.07) is 1.91. The molecule has 0 unspecified atom stereocenters. The van der Waals surface area contributed by atoms with Gasteiger partial charge in [0.15, 0.2) is 0 Å². The lowest BCUT2D eigenvalue weighted by Gasteiger charge is -2.24. The molecular weight excluding hydrogens is 246 g/mol. The molecule has 102 valence electrons. The van der Waals surface area contributed by atoms with Crippen molar-refractivity contribution >= 4 is 17.7 Å². The third kappa shape index (κ3) is 2.83. The van der Waals surface area contributed by atoms with E-state index < -0.39 is 11.9 Å². The third-order valence-electron chi connectivity index (χ3n) is 3.14. The van der Waals surface area contributed by atoms with Crippen molar-refractivity contribution in [1.82, 2.24) is 4.98 Å². The number of nitrogens with two attached hydrogens (primary N) is 1. The van der Waals surface area contributed by atoms with E-state index in [-0.39, 0.29) is 12.6 Å². The lowest BCUT2D eigenvalue weighted by atomic mass is 10.1. The standard InChI is InChI=1S/C13H17N3O3/c1-7-5-8(2)15-13(11(7)12(14)19)16(6-10(17)18)9-3-4-9/h5,9H,3-4,6H2,1-2H3,(H2,14,19)(H,17,18). The quantitative estimate of drug-likeness (QED) is 0.821. The number of carboxylic acids is 1. The number of nitrogens with zero attached hydrogens (tertiary/aromatic N) is 2. The highest BCUT2D eigenvalue weighted by Gasteiger charge is 2.34. The zero-order valence-corrected chi connectivity index (χ0v) is 11.0. The molecule has 0 aromatic carbocycles. The van der Waals surface area contributed by atoms with Crippen molar-refractivity contribution in [3.8, 4) is 0 Å². The number of aryl methyl sites for hydroxylation is 2. The summed E-state index contributed by atoms with van der Waals surface area (Å²) in [5, 5.41) is 9.00. The maximum Gasteiger partial charge on any atom is 0.323 e. The Bertz CT molecular complexity index is 538. The number of rotatable bonds is 5. The van der Waals surface area contributed by atoms with Gasteiger partial charge in [0.1, 0.15) is 12.4 Å². The van der Waals surface area contributed by atoms with E-state index in [1.165, 1.54) is 0 Å². The highest BCUT2D eigenvalue weighted by molar-refractivity contribution is 5.99. The van der Waals surface area contributed by atoms with Gasteiger partial charge in [0.05, 0.1) is 5.56 Å². The molecule has 2 rings (SSSR count). The van der Waals surface area contributed by atoms with Crippen molar-refractivity contribution in [2.45, 2.75) is 32.7 Å². The number of primary amides is 1. The Kier molecular flexibility index (Phi) is 3.42. The second-order valence-corrected chi connectivity index (χ2v) is 4.90. The summed E-state index contributed by atoms with van der Waals surface area (Å²) in [4.78, 5) is 28.6. The average molecular weight is 263 g/mol. The Labute approximate surface area is 111 Å². The SMILES string of the molecule is Cc1cc(C)c(C(N)=O)c(N(CC(=O)O)C2CC2)n1. The van der Waals surface area contributed by atoms with Crippen LogP contribution in [0.15, 0.2) is 6.07 Å². The molecule has 1 aliphatic rings. The van der Waals surface area contributed by atoms with Gasteiger partial charge in [-0.25, -0.2) is 4.98 Å². The zero-order valence-electron chi connectivity index (χ0n) is 11.0. The number of carboxylic acid groups (broad SMARTS) is 1. The van der Waals surface area contributed by atoms with Gasteiger partial charge in [0, 0.05) is 11.7 Å². The predicted octanol–water partition coefficient (Wildman–Crippen LogP) is 0.851. The number of amides is 1. The van der Waals surface area contributed by atoms with Gasteiger partial charge in [0.2, 0.25) is 0 Å². The van der Waals surface area contributed by atoms with E-state index in [1.54, 1.807) is 17.9 Å². The number of hydrogen-bond acceptors (Lipinski definition) is 4. The molecule has 6 heteroatoms. The first-order chi connectivity index (χ1) is 8.90. The summed E-state index contributed by atoms with van der Waals surface area (Å²) in [6.07, 6.45) is 1.83. The van der Waals surface area contributed by atoms with Gasteiger partial charge in [-0.2, -0.15) is 0 Å². The van der Waals surface area contributed by atoms with Gasteiger partial charge in [-0.05, 0) is 38.3 Å². The molecule has 1 fully saturated rings. The molecule has 1 heterocycles. The molecule has 0 spiro atoms. The molecule has 1 aromatic heterocycles. The molecule has 3 N–H and O–H groups in total. The molecule has 0 atom stereocenters. The van der Waals surface area contributed by atoms with Crippen LogP contribution in [0.2, 0.25) is 0 Å². The first kappa shape index (κ1) is 13.3. The highest BCUT2D eigenvalue weighted by atomic mass is 16.4. The lowest BCUT2D eigenvalue weighted by molar-refractivity contribution is -0.135. The summed E-state index contributed by atoms with van der Waals surface area (Å²) in [5.74, 6) is -1.12. The monoisotopic (exact) mass is 263 g/mol. The van der Waals surface area contributed by atoms with Crippen LogP contribution >= 0.6 is 0 Å². The number of pyridine rings is 1. The van der Waals surface area contributed by atoms with Crippen LogP contribution < -0.4 is 10.6 Å². The molecule has 1 amide bonds. The molecule has 0 radical (unpaired) electrons. The Balaban J connectivity index is 2.51. The van der Waals surface area contributed by atoms with Crippen LogP contribution in [-0.2, 0) is 4.79 Å². The first-order valence-corrected chi connectivity index (χ1v) is 6.16. The summed E-state index contributed by atoms with van der Waals surface area (Å²) >= 11 is 0. The molecule has 0 aliphatic heterocycles. The number of carbonyl (C=O) groups excluding carboxylic acids is 1. The molecule has 1 aliphatic carbocycles. The summed E-state index contributed by atoms with van der Waals surface area (Å²) in [6.45, 7) is 3.43. The Morgan fingerprint density at radius 1 is 1.47 bits per heavy atom. The minimum absolute atomic E-state index is 0.142. The number of hydrogen-bond donors (Lipinski definition) is 2. The average Bonchev–Trinajstić information content (AvgIpc) is 3.07. The maximum absolute atomic E-state index is 11.6. The second-order valence-electron chi connectivity index (χ2n) is 4.90. The normalized spacial score (nSPS) is 14.2. The van der Waals surface area contributed by atoms with Gasteiger partial charge in [-0.15, -0.1) is 0 Å². The van der Waals surface area contributed by atoms with Crippen molar-refractivity contribution in [3.05, 3.63) is 22.9 Å². The Morgan fingerprint density at radius 3 is 2.58 bits per heavy atom. The van der Waals surface area contributed by atoms with E-state index in [1.807, 2.05) is 6.92 Å². The molecule has 0 bridgehead atoms. The van der Waals surface area contributed by atoms with Crippen molar-refractivity contribution < 1.29 is 14.7 Å². The van der Waals surface area contributed by atoms with Crippen LogP contribution in [-0.4, -0.2) is 34.6 Å². The van der Waals surface area contributed by atoms with E-state index in [9.17, 15) is 9.59 Å². The first-order valence-electron chi connectivity index (χ1n) is 6.16. The zero-order chi connectivity index (χ0) is 14.2. The molecule has 1 aromatic rings. The lowest BCUT2D eigenvalue weighted by Crippen LogP contribution is -2.35. The fraction of sp³-hybridized carbons (Fsp3) is 0.462. The van der Waals surface area contributed by atoms with E-state index in [0.29, 0.717) is 11.4 Å². The fourth-order valence-electron chi connectivity index (χ4n) is 2.24. The summed E-state index contributed by atoms with van der Waals surface area (Å²) in [5.41, 5.74) is 7.19. The molecular formula is C13H17N3O3. The van der Waals surface area contributed by atoms with Crippen molar-refractivity contribution in [1.29, 1.82) is 0 Å². The Hall–Kier alpha value is -2.11. The van der Waals surface area contributed by atoms with Crippen molar-refractivity contribution in [2.24, 2.45) is 5.73 Å². The van der Waals surface area contributed by atoms with E-state index in [4.69, 9.17) is 10.8 Å². The molecule has 6 nitrogen and oxygen atoms in total. The van der Waals surface area contributed by atoms with Crippen LogP contribution in [0.3, 0.4) is 0 Å². The van der Waals surface area contributed by atoms with Gasteiger partial charge in [-0.3, -0.25) is 9.59 Å². The molecule has 1 saturated carbocycles. The van der Waals surface area contributed by atoms with Crippen molar-refractivity contribution in [3.63, 3.8) is 0 Å². The van der Waals surface area contributed by atoms with Gasteiger partial charge >= 0.3 is 5.97 Å². The predicted molar refractivity (Wildman–Crippen MR) is 70.2 cm³/mol. The minimum Gasteiger partial charge on any atom is -0.480 e. The van der Waals surface area contributed by atoms with Crippen LogP contribution in [0.4, 0.5) is 5.82 Å². The van der Waals surface area contributed by atoms with E-state index in [2.05, 4.69) is 4.98 Å². The topological polar surface area (TPSA) is 96.5 Å². The number of anilines is 1. The van der Waals surface area contributed by atoms with Gasteiger partial charge in [0.25, 0.3) is 5.91 Å². The second kappa shape index (κ2) is 4.87. The fourth-order valence-corrected chi connectivity index (χ4v) is 2.24. The number of carbonyl (C=O) groups is 2. The number of aromatic nitrogens is 1. The van der Waals surface area contributed by atoms with Gasteiger partial charge < -0.3 is 15.7 Å². The van der Waals surface area contributed by atoms with Crippen LogP contribution in [0, 0.1) is 13.8 Å². The smallest absolute Gasteiger partial charge is 0.323 e. The Morgan fingerprint density at radius 2 is 2.11 bits per heavy atom. The molecule has 0 saturated heterocycles. The maximum atomic E-state index is 11.6. The third-order valence-corrected chi connectivity index (χ3v) is 3.14. The summed E-state index contributed by atoms with van der Waals surface area (Å²) < 4.78 is 0. The summed E-state index contributed by atoms with van der Waals surface area (Å²) in [7, 11) is 0. The molecule has 19 heavy (non-hydrogen) atoms. The van der Waals surface area contributed by atoms with Gasteiger partial charge in [-0.1, -0.05) is 0 Å². The largest absolute Gasteiger partial charge is 0.480 e. The number of aliphatic carboxylic acids is 1. The van der Waals surface area contributed by atoms with Crippen LogP contribution in [0.5, 0.6) is 0 Å². The van der Waals surface area contributed by atoms with E-state index >= 15 is 0 Å². The van der Waals surface area contributed by atoms with Crippen molar-refractivity contribution in [2.75, 3.05) is 11.4 Å². The van der Waals surface area contributed by atoms with Crippen LogP contribution in [0.1, 0.15) is 34.5 Å². The van der Waals surface area contributed by atoms with E-state index in [0.717, 1.165) is 24.1 Å². The highest BCUT2D eigenvalue weighted by Crippen LogP contribution is 2.33. The van der Waals surface area contributed by atoms with Crippen LogP contribution in [0.25, 0.3) is 0 Å². The minimum atomic E-state index is -0.941.